The number of carbonyl (C=O) groups excluding carboxylic acids is 1. The first-order valence-corrected chi connectivity index (χ1v) is 7.74. The van der Waals surface area contributed by atoms with E-state index in [2.05, 4.69) is 15.4 Å². The van der Waals surface area contributed by atoms with Gasteiger partial charge in [-0.2, -0.15) is 5.10 Å². The highest BCUT2D eigenvalue weighted by Crippen LogP contribution is 2.31. The first kappa shape index (κ1) is 13.1. The summed E-state index contributed by atoms with van der Waals surface area (Å²) >= 11 is 0. The molecule has 0 atom stereocenters. The maximum atomic E-state index is 12.6. The minimum absolute atomic E-state index is 0.104. The lowest BCUT2D eigenvalue weighted by atomic mass is 10.1. The van der Waals surface area contributed by atoms with Gasteiger partial charge >= 0.3 is 0 Å². The number of nitrogens with zero attached hydrogens (tertiary/aromatic N) is 2. The number of hydrogen-bond donors (Lipinski definition) is 2. The Balaban J connectivity index is 1.62. The molecule has 1 saturated carbocycles. The number of hydrogen-bond acceptors (Lipinski definition) is 2. The average molecular weight is 294 g/mol. The summed E-state index contributed by atoms with van der Waals surface area (Å²) in [5.41, 5.74) is 1.52. The molecule has 1 aromatic carbocycles. The van der Waals surface area contributed by atoms with E-state index in [9.17, 15) is 4.79 Å². The monoisotopic (exact) mass is 294 g/mol. The number of rotatable bonds is 3. The Morgan fingerprint density at radius 1 is 1.23 bits per heavy atom. The topological polar surface area (TPSA) is 62.7 Å². The molecular weight excluding hydrogens is 276 g/mol. The molecule has 1 aliphatic rings. The van der Waals surface area contributed by atoms with Crippen molar-refractivity contribution < 1.29 is 4.79 Å². The largest absolute Gasteiger partial charge is 0.361 e. The lowest BCUT2D eigenvalue weighted by Crippen LogP contribution is -2.18. The van der Waals surface area contributed by atoms with E-state index in [0.29, 0.717) is 11.6 Å². The Hall–Kier alpha value is -2.56. The van der Waals surface area contributed by atoms with Gasteiger partial charge in [-0.15, -0.1) is 0 Å². The predicted octanol–water partition coefficient (Wildman–Crippen LogP) is 3.73. The number of anilines is 1. The lowest BCUT2D eigenvalue weighted by Gasteiger charge is -2.14. The van der Waals surface area contributed by atoms with Crippen LogP contribution in [0, 0.1) is 0 Å². The molecule has 5 heteroatoms. The summed E-state index contributed by atoms with van der Waals surface area (Å²) in [7, 11) is 0. The minimum Gasteiger partial charge on any atom is -0.361 e. The number of para-hydroxylation sites is 1. The normalized spacial score (nSPS) is 15.5. The van der Waals surface area contributed by atoms with Gasteiger partial charge in [0.25, 0.3) is 5.91 Å². The van der Waals surface area contributed by atoms with Crippen LogP contribution in [-0.4, -0.2) is 20.7 Å². The van der Waals surface area contributed by atoms with Crippen LogP contribution in [0.25, 0.3) is 10.9 Å². The van der Waals surface area contributed by atoms with Crippen molar-refractivity contribution in [2.75, 3.05) is 5.32 Å². The molecule has 1 aliphatic carbocycles. The summed E-state index contributed by atoms with van der Waals surface area (Å²) in [6.45, 7) is 0. The van der Waals surface area contributed by atoms with Crippen molar-refractivity contribution >= 4 is 22.6 Å². The summed E-state index contributed by atoms with van der Waals surface area (Å²) in [4.78, 5) is 15.8. The Bertz CT molecular complexity index is 811. The fourth-order valence-corrected chi connectivity index (χ4v) is 3.31. The van der Waals surface area contributed by atoms with Crippen LogP contribution < -0.4 is 5.32 Å². The standard InChI is InChI=1S/C17H18N4O/c22-17(14-7-3-4-12-8-10-18-16(12)14)20-15-9-11-19-21(15)13-5-1-2-6-13/h3-4,7-11,13,18H,1-2,5-6H2,(H,20,22). The van der Waals surface area contributed by atoms with Gasteiger partial charge in [0.15, 0.2) is 0 Å². The van der Waals surface area contributed by atoms with Crippen LogP contribution >= 0.6 is 0 Å². The molecule has 0 aliphatic heterocycles. The fraction of sp³-hybridized carbons (Fsp3) is 0.294. The lowest BCUT2D eigenvalue weighted by molar-refractivity contribution is 0.102. The van der Waals surface area contributed by atoms with Gasteiger partial charge in [0.05, 0.1) is 23.3 Å². The summed E-state index contributed by atoms with van der Waals surface area (Å²) in [6, 6.07) is 9.97. The van der Waals surface area contributed by atoms with Gasteiger partial charge in [0.1, 0.15) is 5.82 Å². The smallest absolute Gasteiger partial charge is 0.258 e. The predicted molar refractivity (Wildman–Crippen MR) is 86.0 cm³/mol. The second kappa shape index (κ2) is 5.33. The van der Waals surface area contributed by atoms with Crippen molar-refractivity contribution in [2.45, 2.75) is 31.7 Å². The number of benzene rings is 1. The molecule has 0 bridgehead atoms. The fourth-order valence-electron chi connectivity index (χ4n) is 3.31. The molecule has 4 rings (SSSR count). The van der Waals surface area contributed by atoms with E-state index >= 15 is 0 Å². The molecule has 112 valence electrons. The first-order valence-electron chi connectivity index (χ1n) is 7.74. The molecule has 0 spiro atoms. The van der Waals surface area contributed by atoms with Crippen LogP contribution in [0.4, 0.5) is 5.82 Å². The average Bonchev–Trinajstić information content (AvgIpc) is 3.27. The maximum Gasteiger partial charge on any atom is 0.258 e. The second-order valence-corrected chi connectivity index (χ2v) is 5.80. The van der Waals surface area contributed by atoms with Gasteiger partial charge in [0.2, 0.25) is 0 Å². The maximum absolute atomic E-state index is 12.6. The highest BCUT2D eigenvalue weighted by Gasteiger charge is 2.21. The van der Waals surface area contributed by atoms with E-state index in [1.807, 2.05) is 41.2 Å². The van der Waals surface area contributed by atoms with E-state index in [1.54, 1.807) is 6.20 Å². The van der Waals surface area contributed by atoms with Gasteiger partial charge < -0.3 is 10.3 Å². The molecule has 0 radical (unpaired) electrons. The Morgan fingerprint density at radius 2 is 2.09 bits per heavy atom. The Kier molecular flexibility index (Phi) is 3.18. The van der Waals surface area contributed by atoms with Crippen molar-refractivity contribution in [3.05, 3.63) is 48.3 Å². The van der Waals surface area contributed by atoms with E-state index in [1.165, 1.54) is 12.8 Å². The number of amides is 1. The molecule has 2 heterocycles. The quantitative estimate of drug-likeness (QED) is 0.773. The van der Waals surface area contributed by atoms with Crippen molar-refractivity contribution in [2.24, 2.45) is 0 Å². The molecule has 2 N–H and O–H groups in total. The van der Waals surface area contributed by atoms with Crippen LogP contribution in [0.5, 0.6) is 0 Å². The molecule has 5 nitrogen and oxygen atoms in total. The number of H-pyrrole nitrogens is 1. The van der Waals surface area contributed by atoms with Crippen molar-refractivity contribution in [3.8, 4) is 0 Å². The third kappa shape index (κ3) is 2.19. The molecule has 0 unspecified atom stereocenters. The second-order valence-electron chi connectivity index (χ2n) is 5.80. The number of nitrogens with one attached hydrogen (secondary N) is 2. The van der Waals surface area contributed by atoms with E-state index < -0.39 is 0 Å². The minimum atomic E-state index is -0.104. The van der Waals surface area contributed by atoms with E-state index in [0.717, 1.165) is 29.6 Å². The number of carbonyl (C=O) groups is 1. The van der Waals surface area contributed by atoms with Crippen LogP contribution in [0.2, 0.25) is 0 Å². The number of aromatic amines is 1. The van der Waals surface area contributed by atoms with Crippen LogP contribution in [0.15, 0.2) is 42.7 Å². The van der Waals surface area contributed by atoms with Gasteiger partial charge in [-0.1, -0.05) is 25.0 Å². The van der Waals surface area contributed by atoms with E-state index in [4.69, 9.17) is 0 Å². The first-order chi connectivity index (χ1) is 10.8. The summed E-state index contributed by atoms with van der Waals surface area (Å²) < 4.78 is 1.96. The highest BCUT2D eigenvalue weighted by molar-refractivity contribution is 6.11. The summed E-state index contributed by atoms with van der Waals surface area (Å²) in [5.74, 6) is 0.674. The SMILES string of the molecule is O=C(Nc1ccnn1C1CCCC1)c1cccc2cc[nH]c12. The van der Waals surface area contributed by atoms with Crippen molar-refractivity contribution in [1.29, 1.82) is 0 Å². The Morgan fingerprint density at radius 3 is 2.95 bits per heavy atom. The molecular formula is C17H18N4O. The van der Waals surface area contributed by atoms with Crippen molar-refractivity contribution in [3.63, 3.8) is 0 Å². The molecule has 1 fully saturated rings. The van der Waals surface area contributed by atoms with Crippen LogP contribution in [0.3, 0.4) is 0 Å². The molecule has 1 amide bonds. The zero-order valence-corrected chi connectivity index (χ0v) is 12.2. The van der Waals surface area contributed by atoms with Crippen LogP contribution in [-0.2, 0) is 0 Å². The molecule has 0 saturated heterocycles. The van der Waals surface area contributed by atoms with Crippen molar-refractivity contribution in [1.82, 2.24) is 14.8 Å². The Labute approximate surface area is 128 Å². The molecule has 3 aromatic rings. The zero-order chi connectivity index (χ0) is 14.9. The molecule has 2 aromatic heterocycles. The van der Waals surface area contributed by atoms with Gasteiger partial charge in [-0.05, 0) is 25.0 Å². The van der Waals surface area contributed by atoms with E-state index in [-0.39, 0.29) is 5.91 Å². The highest BCUT2D eigenvalue weighted by atomic mass is 16.1. The third-order valence-electron chi connectivity index (χ3n) is 4.41. The van der Waals surface area contributed by atoms with Gasteiger partial charge in [0, 0.05) is 17.6 Å². The van der Waals surface area contributed by atoms with Gasteiger partial charge in [-0.25, -0.2) is 4.68 Å². The number of aromatic nitrogens is 3. The number of fused-ring (bicyclic) bond motifs is 1. The summed E-state index contributed by atoms with van der Waals surface area (Å²) in [6.07, 6.45) is 8.35. The summed E-state index contributed by atoms with van der Waals surface area (Å²) in [5, 5.41) is 8.44. The zero-order valence-electron chi connectivity index (χ0n) is 12.2. The van der Waals surface area contributed by atoms with Crippen LogP contribution in [0.1, 0.15) is 42.1 Å². The van der Waals surface area contributed by atoms with Gasteiger partial charge in [-0.3, -0.25) is 4.79 Å². The molecule has 22 heavy (non-hydrogen) atoms. The third-order valence-corrected chi connectivity index (χ3v) is 4.41.